The van der Waals surface area contributed by atoms with Gasteiger partial charge in [0.25, 0.3) is 0 Å². The summed E-state index contributed by atoms with van der Waals surface area (Å²) in [7, 11) is 0. The van der Waals surface area contributed by atoms with Crippen LogP contribution in [0.2, 0.25) is 0 Å². The largest absolute Gasteiger partial charge is 0.548 e. The Labute approximate surface area is 215 Å². The van der Waals surface area contributed by atoms with Crippen LogP contribution < -0.4 is 10.8 Å². The summed E-state index contributed by atoms with van der Waals surface area (Å²) in [6.07, 6.45) is 23.6. The number of aliphatic carboxylic acids is 1. The van der Waals surface area contributed by atoms with Crippen LogP contribution in [0, 0.1) is 5.92 Å². The number of rotatable bonds is 23. The number of nitrogens with zero attached hydrogens (tertiary/aromatic N) is 1. The van der Waals surface area contributed by atoms with Gasteiger partial charge in [-0.15, -0.1) is 0 Å². The van der Waals surface area contributed by atoms with Gasteiger partial charge in [0, 0.05) is 6.04 Å². The van der Waals surface area contributed by atoms with Crippen molar-refractivity contribution in [3.05, 3.63) is 0 Å². The molecule has 4 heteroatoms. The molecular weight excluding hydrogens is 420 g/mol. The van der Waals surface area contributed by atoms with Gasteiger partial charge < -0.3 is 20.1 Å². The fourth-order valence-corrected chi connectivity index (χ4v) is 4.65. The highest BCUT2D eigenvalue weighted by Crippen LogP contribution is 2.19. The zero-order valence-electron chi connectivity index (χ0n) is 24.3. The van der Waals surface area contributed by atoms with Crippen LogP contribution in [-0.2, 0) is 4.79 Å². The lowest BCUT2D eigenvalue weighted by atomic mass is 10.0. The van der Waals surface area contributed by atoms with Crippen LogP contribution in [0.3, 0.4) is 0 Å². The fourth-order valence-electron chi connectivity index (χ4n) is 4.65. The number of nitrogens with two attached hydrogens (primary N) is 1. The predicted octanol–water partition coefficient (Wildman–Crippen LogP) is 7.23. The molecule has 0 unspecified atom stereocenters. The topological polar surface area (TPSA) is 66.2 Å². The van der Waals surface area contributed by atoms with Crippen LogP contribution in [0.15, 0.2) is 0 Å². The fraction of sp³-hybridized carbons (Fsp3) is 0.967. The van der Waals surface area contributed by atoms with Crippen molar-refractivity contribution in [1.29, 1.82) is 0 Å². The second-order valence-corrected chi connectivity index (χ2v) is 10.7. The van der Waals surface area contributed by atoms with E-state index in [9.17, 15) is 9.90 Å². The molecule has 0 aromatic carbocycles. The first-order chi connectivity index (χ1) is 16.3. The lowest BCUT2D eigenvalue weighted by Crippen LogP contribution is -2.50. The maximum atomic E-state index is 10.1. The molecule has 0 rings (SSSR count). The van der Waals surface area contributed by atoms with Crippen molar-refractivity contribution in [2.45, 2.75) is 157 Å². The van der Waals surface area contributed by atoms with E-state index in [1.165, 1.54) is 133 Å². The van der Waals surface area contributed by atoms with Crippen LogP contribution in [-0.4, -0.2) is 42.7 Å². The molecule has 0 radical (unpaired) electrons. The molecular formula is C30H64N2O2. The van der Waals surface area contributed by atoms with Crippen molar-refractivity contribution in [2.24, 2.45) is 11.7 Å². The molecule has 0 amide bonds. The number of carboxylic acid groups (broad SMARTS) is 1. The summed E-state index contributed by atoms with van der Waals surface area (Å²) in [6.45, 7) is 18.9. The van der Waals surface area contributed by atoms with E-state index in [4.69, 9.17) is 5.73 Å². The minimum atomic E-state index is -1.16. The molecule has 34 heavy (non-hydrogen) atoms. The van der Waals surface area contributed by atoms with Gasteiger partial charge in [0.15, 0.2) is 0 Å². The van der Waals surface area contributed by atoms with Crippen molar-refractivity contribution >= 4 is 5.97 Å². The third-order valence-corrected chi connectivity index (χ3v) is 7.47. The molecule has 0 saturated heterocycles. The smallest absolute Gasteiger partial charge is 0.0786 e. The first-order valence-electron chi connectivity index (χ1n) is 15.1. The number of hydrogen-bond donors (Lipinski definition) is 1. The van der Waals surface area contributed by atoms with Gasteiger partial charge >= 0.3 is 0 Å². The summed E-state index contributed by atoms with van der Waals surface area (Å²) in [5.74, 6) is -1.15. The van der Waals surface area contributed by atoms with Gasteiger partial charge in [0.05, 0.1) is 32.1 Å². The van der Waals surface area contributed by atoms with Gasteiger partial charge in [0.1, 0.15) is 0 Å². The quantitative estimate of drug-likeness (QED) is 0.123. The average Bonchev–Trinajstić information content (AvgIpc) is 2.84. The van der Waals surface area contributed by atoms with Crippen molar-refractivity contribution in [3.8, 4) is 0 Å². The summed E-state index contributed by atoms with van der Waals surface area (Å²) in [4.78, 5) is 10.1. The number of carboxylic acids is 1. The van der Waals surface area contributed by atoms with Crippen LogP contribution in [0.1, 0.15) is 151 Å². The molecule has 0 aliphatic carbocycles. The Morgan fingerprint density at radius 3 is 1.09 bits per heavy atom. The summed E-state index contributed by atoms with van der Waals surface area (Å²) in [6, 6.07) is -0.810. The first kappa shape index (κ1) is 35.6. The van der Waals surface area contributed by atoms with E-state index in [-0.39, 0.29) is 5.92 Å². The minimum absolute atomic E-state index is 0.00926. The molecule has 0 aliphatic rings. The van der Waals surface area contributed by atoms with Crippen molar-refractivity contribution in [3.63, 3.8) is 0 Å². The second kappa shape index (κ2) is 25.5. The van der Waals surface area contributed by atoms with Gasteiger partial charge in [-0.2, -0.15) is 0 Å². The maximum absolute atomic E-state index is 10.1. The molecule has 0 saturated carbocycles. The Morgan fingerprint density at radius 2 is 0.912 bits per heavy atom. The molecule has 2 atom stereocenters. The van der Waals surface area contributed by atoms with Gasteiger partial charge in [-0.05, 0) is 57.3 Å². The molecule has 0 aromatic rings. The van der Waals surface area contributed by atoms with E-state index in [0.29, 0.717) is 0 Å². The highest BCUT2D eigenvalue weighted by Gasteiger charge is 2.25. The van der Waals surface area contributed by atoms with Gasteiger partial charge in [-0.25, -0.2) is 0 Å². The molecule has 0 spiro atoms. The van der Waals surface area contributed by atoms with E-state index < -0.39 is 12.0 Å². The van der Waals surface area contributed by atoms with Crippen LogP contribution in [0.5, 0.6) is 0 Å². The molecule has 4 nitrogen and oxygen atoms in total. The highest BCUT2D eigenvalue weighted by molar-refractivity contribution is 5.71. The third-order valence-electron chi connectivity index (χ3n) is 7.47. The molecule has 0 heterocycles. The monoisotopic (exact) mass is 484 g/mol. The molecule has 0 aromatic heterocycles. The predicted molar refractivity (Wildman–Crippen MR) is 149 cm³/mol. The Bertz CT molecular complexity index is 375. The zero-order chi connectivity index (χ0) is 26.1. The van der Waals surface area contributed by atoms with Gasteiger partial charge in [-0.3, -0.25) is 0 Å². The van der Waals surface area contributed by atoms with Crippen LogP contribution in [0.25, 0.3) is 0 Å². The van der Waals surface area contributed by atoms with Crippen LogP contribution >= 0.6 is 0 Å². The molecule has 0 bridgehead atoms. The van der Waals surface area contributed by atoms with E-state index >= 15 is 0 Å². The Morgan fingerprint density at radius 1 is 0.618 bits per heavy atom. The second-order valence-electron chi connectivity index (χ2n) is 10.7. The van der Waals surface area contributed by atoms with Gasteiger partial charge in [0.2, 0.25) is 0 Å². The molecule has 206 valence electrons. The molecule has 2 N–H and O–H groups in total. The summed E-state index contributed by atoms with van der Waals surface area (Å²) in [5, 5.41) is 10.1. The Balaban J connectivity index is 0. The summed E-state index contributed by atoms with van der Waals surface area (Å²) >= 11 is 0. The van der Waals surface area contributed by atoms with Crippen LogP contribution in [0.4, 0.5) is 0 Å². The highest BCUT2D eigenvalue weighted by atomic mass is 16.4. The van der Waals surface area contributed by atoms with E-state index in [1.54, 1.807) is 6.92 Å². The van der Waals surface area contributed by atoms with Crippen molar-refractivity contribution in [1.82, 2.24) is 0 Å². The van der Waals surface area contributed by atoms with Gasteiger partial charge in [-0.1, -0.05) is 99.3 Å². The number of unbranched alkanes of at least 4 members (excludes halogenated alkanes) is 12. The Kier molecular flexibility index (Phi) is 26.6. The maximum Gasteiger partial charge on any atom is 0.0786 e. The van der Waals surface area contributed by atoms with E-state index in [1.807, 2.05) is 6.92 Å². The SMILES string of the molecule is CCCCCC[N+](CCCCCC)(CCCCCC)CCCCCC.CC[C@H](C)[C@H](N)C(=O)[O-]. The zero-order valence-corrected chi connectivity index (χ0v) is 24.3. The third kappa shape index (κ3) is 20.7. The average molecular weight is 485 g/mol. The molecule has 0 fully saturated rings. The lowest BCUT2D eigenvalue weighted by Gasteiger charge is -2.39. The van der Waals surface area contributed by atoms with Crippen molar-refractivity contribution < 1.29 is 14.4 Å². The minimum Gasteiger partial charge on any atom is -0.548 e. The lowest BCUT2D eigenvalue weighted by molar-refractivity contribution is -0.929. The molecule has 0 aliphatic heterocycles. The number of quaternary nitrogens is 1. The van der Waals surface area contributed by atoms with E-state index in [0.717, 1.165) is 6.42 Å². The summed E-state index contributed by atoms with van der Waals surface area (Å²) < 4.78 is 1.46. The first-order valence-corrected chi connectivity index (χ1v) is 15.1. The van der Waals surface area contributed by atoms with Crippen molar-refractivity contribution in [2.75, 3.05) is 26.2 Å². The number of carbonyl (C=O) groups excluding carboxylic acids is 1. The van der Waals surface area contributed by atoms with E-state index in [2.05, 4.69) is 27.7 Å². The number of carbonyl (C=O) groups is 1. The summed E-state index contributed by atoms with van der Waals surface area (Å²) in [5.41, 5.74) is 5.21. The Hall–Kier alpha value is -0.610. The number of hydrogen-bond acceptors (Lipinski definition) is 3. The standard InChI is InChI=1S/C24H52N.C6H13NO2/c1-5-9-13-17-21-25(22-18-14-10-6-2,23-19-15-11-7-3)24-20-16-12-8-4;1-3-4(2)5(7)6(8)9/h5-24H2,1-4H3;4-5H,3,7H2,1-2H3,(H,8,9)/q+1;/p-1/t;4-,5-/m.0/s1. The normalized spacial score (nSPS) is 13.3.